The number of aromatic nitrogens is 1. The summed E-state index contributed by atoms with van der Waals surface area (Å²) in [5.74, 6) is 0.294. The van der Waals surface area contributed by atoms with Crippen molar-refractivity contribution < 1.29 is 4.92 Å². The lowest BCUT2D eigenvalue weighted by Crippen LogP contribution is -2.10. The van der Waals surface area contributed by atoms with Gasteiger partial charge in [-0.1, -0.05) is 6.92 Å². The van der Waals surface area contributed by atoms with Crippen LogP contribution in [0.5, 0.6) is 0 Å². The number of thiazole rings is 1. The van der Waals surface area contributed by atoms with Crippen molar-refractivity contribution in [2.45, 2.75) is 12.8 Å². The molecule has 2 rings (SSSR count). The van der Waals surface area contributed by atoms with Gasteiger partial charge in [0.1, 0.15) is 0 Å². The topological polar surface area (TPSA) is 68.1 Å². The minimum atomic E-state index is -0.410. The summed E-state index contributed by atoms with van der Waals surface area (Å²) in [7, 11) is 0. The Kier molecular flexibility index (Phi) is 4.49. The van der Waals surface area contributed by atoms with E-state index in [0.717, 1.165) is 17.2 Å². The second kappa shape index (κ2) is 6.12. The highest BCUT2D eigenvalue weighted by atomic mass is 79.9. The maximum atomic E-state index is 10.6. The van der Waals surface area contributed by atoms with Crippen LogP contribution in [-0.2, 0) is 0 Å². The summed E-state index contributed by atoms with van der Waals surface area (Å²) in [5, 5.41) is 16.9. The SMILES string of the molecule is CC(CNc1ccc([N+](=O)[O-])cc1Br)c1nccs1. The first-order valence-corrected chi connectivity index (χ1v) is 7.32. The fraction of sp³-hybridized carbons (Fsp3) is 0.250. The lowest BCUT2D eigenvalue weighted by molar-refractivity contribution is -0.384. The van der Waals surface area contributed by atoms with E-state index in [0.29, 0.717) is 10.4 Å². The standard InChI is InChI=1S/C12H12BrN3O2S/c1-8(12-14-4-5-19-12)7-15-11-3-2-9(16(17)18)6-10(11)13/h2-6,8,15H,7H2,1H3. The molecule has 0 amide bonds. The lowest BCUT2D eigenvalue weighted by atomic mass is 10.2. The first-order valence-electron chi connectivity index (χ1n) is 5.65. The third-order valence-corrected chi connectivity index (χ3v) is 4.30. The van der Waals surface area contributed by atoms with Crippen LogP contribution in [0.2, 0.25) is 0 Å². The van der Waals surface area contributed by atoms with Crippen molar-refractivity contribution in [3.05, 3.63) is 49.4 Å². The second-order valence-electron chi connectivity index (χ2n) is 4.07. The third kappa shape index (κ3) is 3.51. The van der Waals surface area contributed by atoms with Crippen molar-refractivity contribution in [1.82, 2.24) is 4.98 Å². The Morgan fingerprint density at radius 2 is 2.37 bits per heavy atom. The summed E-state index contributed by atoms with van der Waals surface area (Å²) < 4.78 is 0.688. The van der Waals surface area contributed by atoms with Gasteiger partial charge < -0.3 is 5.32 Å². The van der Waals surface area contributed by atoms with Gasteiger partial charge in [-0.05, 0) is 22.0 Å². The highest BCUT2D eigenvalue weighted by Crippen LogP contribution is 2.28. The molecule has 0 aliphatic heterocycles. The van der Waals surface area contributed by atoms with E-state index in [9.17, 15) is 10.1 Å². The summed E-state index contributed by atoms with van der Waals surface area (Å²) >= 11 is 4.96. The predicted molar refractivity (Wildman–Crippen MR) is 79.8 cm³/mol. The van der Waals surface area contributed by atoms with Crippen LogP contribution in [0.3, 0.4) is 0 Å². The van der Waals surface area contributed by atoms with E-state index in [2.05, 4.69) is 33.2 Å². The van der Waals surface area contributed by atoms with Crippen molar-refractivity contribution >= 4 is 38.6 Å². The molecule has 100 valence electrons. The van der Waals surface area contributed by atoms with Gasteiger partial charge in [-0.2, -0.15) is 0 Å². The molecule has 0 fully saturated rings. The number of anilines is 1. The molecular weight excluding hydrogens is 330 g/mol. The highest BCUT2D eigenvalue weighted by molar-refractivity contribution is 9.10. The zero-order valence-corrected chi connectivity index (χ0v) is 12.6. The van der Waals surface area contributed by atoms with E-state index in [-0.39, 0.29) is 5.69 Å². The molecule has 5 nitrogen and oxygen atoms in total. The molecule has 0 saturated carbocycles. The van der Waals surface area contributed by atoms with Crippen molar-refractivity contribution in [3.63, 3.8) is 0 Å². The van der Waals surface area contributed by atoms with E-state index >= 15 is 0 Å². The number of benzene rings is 1. The Morgan fingerprint density at radius 1 is 1.58 bits per heavy atom. The number of hydrogen-bond acceptors (Lipinski definition) is 5. The Labute approximate surface area is 123 Å². The Balaban J connectivity index is 2.02. The number of nitrogens with one attached hydrogen (secondary N) is 1. The average molecular weight is 342 g/mol. The summed E-state index contributed by atoms with van der Waals surface area (Å²) in [6.45, 7) is 2.81. The normalized spacial score (nSPS) is 12.1. The fourth-order valence-corrected chi connectivity index (χ4v) is 2.79. The third-order valence-electron chi connectivity index (χ3n) is 2.64. The molecule has 2 aromatic rings. The van der Waals surface area contributed by atoms with Gasteiger partial charge in [0.05, 0.1) is 9.93 Å². The molecule has 7 heteroatoms. The van der Waals surface area contributed by atoms with Crippen LogP contribution in [0.25, 0.3) is 0 Å². The van der Waals surface area contributed by atoms with Gasteiger partial charge >= 0.3 is 0 Å². The minimum absolute atomic E-state index is 0.0744. The summed E-state index contributed by atoms with van der Waals surface area (Å²) in [4.78, 5) is 14.5. The molecule has 0 saturated heterocycles. The molecule has 0 aliphatic carbocycles. The Morgan fingerprint density at radius 3 is 2.95 bits per heavy atom. The van der Waals surface area contributed by atoms with Gasteiger partial charge in [-0.3, -0.25) is 10.1 Å². The van der Waals surface area contributed by atoms with E-state index in [1.165, 1.54) is 12.1 Å². The average Bonchev–Trinajstić information content (AvgIpc) is 2.90. The predicted octanol–water partition coefficient (Wildman–Crippen LogP) is 4.03. The van der Waals surface area contributed by atoms with Crippen molar-refractivity contribution in [3.8, 4) is 0 Å². The maximum Gasteiger partial charge on any atom is 0.270 e. The second-order valence-corrected chi connectivity index (χ2v) is 5.85. The van der Waals surface area contributed by atoms with Crippen molar-refractivity contribution in [2.24, 2.45) is 0 Å². The number of rotatable bonds is 5. The van der Waals surface area contributed by atoms with Gasteiger partial charge in [-0.25, -0.2) is 4.98 Å². The van der Waals surface area contributed by atoms with Gasteiger partial charge in [0.15, 0.2) is 0 Å². The molecule has 1 unspecified atom stereocenters. The highest BCUT2D eigenvalue weighted by Gasteiger charge is 2.11. The van der Waals surface area contributed by atoms with Crippen LogP contribution in [0.15, 0.2) is 34.2 Å². The van der Waals surface area contributed by atoms with E-state index < -0.39 is 4.92 Å². The molecule has 1 aromatic heterocycles. The number of nitrogens with zero attached hydrogens (tertiary/aromatic N) is 2. The Bertz CT molecular complexity index is 574. The van der Waals surface area contributed by atoms with E-state index in [1.807, 2.05) is 5.38 Å². The molecule has 1 heterocycles. The first kappa shape index (κ1) is 14.0. The van der Waals surface area contributed by atoms with E-state index in [4.69, 9.17) is 0 Å². The Hall–Kier alpha value is -1.47. The van der Waals surface area contributed by atoms with Crippen LogP contribution in [-0.4, -0.2) is 16.5 Å². The minimum Gasteiger partial charge on any atom is -0.383 e. The van der Waals surface area contributed by atoms with Crippen LogP contribution in [0.4, 0.5) is 11.4 Å². The molecule has 0 bridgehead atoms. The molecular formula is C12H12BrN3O2S. The largest absolute Gasteiger partial charge is 0.383 e. The molecule has 0 radical (unpaired) electrons. The first-order chi connectivity index (χ1) is 9.08. The van der Waals surface area contributed by atoms with Gasteiger partial charge in [0.2, 0.25) is 0 Å². The number of nitro groups is 1. The molecule has 19 heavy (non-hydrogen) atoms. The maximum absolute atomic E-state index is 10.6. The molecule has 1 N–H and O–H groups in total. The zero-order chi connectivity index (χ0) is 13.8. The zero-order valence-electron chi connectivity index (χ0n) is 10.2. The summed E-state index contributed by atoms with van der Waals surface area (Å²) in [6.07, 6.45) is 1.79. The number of hydrogen-bond donors (Lipinski definition) is 1. The number of nitro benzene ring substituents is 1. The molecule has 1 atom stereocenters. The van der Waals surface area contributed by atoms with Gasteiger partial charge in [-0.15, -0.1) is 11.3 Å². The van der Waals surface area contributed by atoms with Gasteiger partial charge in [0, 0.05) is 46.3 Å². The monoisotopic (exact) mass is 341 g/mol. The lowest BCUT2D eigenvalue weighted by Gasteiger charge is -2.12. The summed E-state index contributed by atoms with van der Waals surface area (Å²) in [6, 6.07) is 4.69. The van der Waals surface area contributed by atoms with Crippen LogP contribution < -0.4 is 5.32 Å². The molecule has 0 spiro atoms. The van der Waals surface area contributed by atoms with E-state index in [1.54, 1.807) is 23.6 Å². The summed E-state index contributed by atoms with van der Waals surface area (Å²) in [5.41, 5.74) is 0.916. The van der Waals surface area contributed by atoms with Crippen molar-refractivity contribution in [1.29, 1.82) is 0 Å². The van der Waals surface area contributed by atoms with Crippen molar-refractivity contribution in [2.75, 3.05) is 11.9 Å². The number of non-ortho nitro benzene ring substituents is 1. The molecule has 1 aromatic carbocycles. The molecule has 0 aliphatic rings. The number of halogens is 1. The van der Waals surface area contributed by atoms with Crippen LogP contribution in [0.1, 0.15) is 17.8 Å². The van der Waals surface area contributed by atoms with Crippen LogP contribution in [0, 0.1) is 10.1 Å². The van der Waals surface area contributed by atoms with Crippen LogP contribution >= 0.6 is 27.3 Å². The smallest absolute Gasteiger partial charge is 0.270 e. The van der Waals surface area contributed by atoms with Gasteiger partial charge in [0.25, 0.3) is 5.69 Å². The quantitative estimate of drug-likeness (QED) is 0.658. The fourth-order valence-electron chi connectivity index (χ4n) is 1.59.